The van der Waals surface area contributed by atoms with Crippen molar-refractivity contribution in [2.75, 3.05) is 6.61 Å². The average Bonchev–Trinajstić information content (AvgIpc) is 3.01. The first kappa shape index (κ1) is 31.0. The Bertz CT molecular complexity index is 1490. The lowest BCUT2D eigenvalue weighted by Crippen LogP contribution is -2.30. The van der Waals surface area contributed by atoms with Crippen LogP contribution in [-0.2, 0) is 4.79 Å². The molecule has 0 heterocycles. The minimum Gasteiger partial charge on any atom is -0.491 e. The molecule has 3 nitrogen and oxygen atoms in total. The molecule has 2 aliphatic carbocycles. The number of hydrogen-bond donors (Lipinski definition) is 0. The van der Waals surface area contributed by atoms with Crippen LogP contribution in [0.2, 0.25) is 0 Å². The van der Waals surface area contributed by atoms with Crippen molar-refractivity contribution in [1.82, 2.24) is 0 Å². The second kappa shape index (κ2) is 13.0. The molecule has 3 aromatic carbocycles. The van der Waals surface area contributed by atoms with Gasteiger partial charge in [-0.3, -0.25) is 4.79 Å². The summed E-state index contributed by atoms with van der Waals surface area (Å²) < 4.78 is 97.5. The Hall–Kier alpha value is -3.49. The molecule has 3 aromatic rings. The molecule has 0 N–H and O–H groups in total. The normalized spacial score (nSPS) is 22.3. The van der Waals surface area contributed by atoms with Crippen molar-refractivity contribution < 1.29 is 40.6 Å². The summed E-state index contributed by atoms with van der Waals surface area (Å²) in [5, 5.41) is 0. The van der Waals surface area contributed by atoms with Crippen molar-refractivity contribution in [3.05, 3.63) is 82.4 Å². The number of esters is 1. The van der Waals surface area contributed by atoms with E-state index in [9.17, 15) is 31.1 Å². The maximum Gasteiger partial charge on any atom is 0.314 e. The second-order valence-electron chi connectivity index (χ2n) is 11.7. The van der Waals surface area contributed by atoms with E-state index in [0.29, 0.717) is 30.2 Å². The van der Waals surface area contributed by atoms with E-state index in [0.717, 1.165) is 50.7 Å². The van der Waals surface area contributed by atoms with Crippen LogP contribution in [0.4, 0.5) is 26.3 Å². The second-order valence-corrected chi connectivity index (χ2v) is 11.7. The van der Waals surface area contributed by atoms with Gasteiger partial charge in [0.25, 0.3) is 0 Å². The van der Waals surface area contributed by atoms with Crippen LogP contribution < -0.4 is 9.47 Å². The highest BCUT2D eigenvalue weighted by Crippen LogP contribution is 2.45. The van der Waals surface area contributed by atoms with Crippen LogP contribution >= 0.6 is 0 Å². The van der Waals surface area contributed by atoms with Crippen molar-refractivity contribution >= 4 is 5.97 Å². The molecule has 0 bridgehead atoms. The van der Waals surface area contributed by atoms with E-state index >= 15 is 0 Å². The molecule has 0 saturated heterocycles. The Morgan fingerprint density at radius 3 is 1.81 bits per heavy atom. The van der Waals surface area contributed by atoms with Gasteiger partial charge in [0.1, 0.15) is 0 Å². The van der Waals surface area contributed by atoms with E-state index in [1.54, 1.807) is 13.0 Å². The molecule has 0 atom stereocenters. The molecule has 2 aliphatic rings. The maximum absolute atomic E-state index is 14.8. The molecule has 0 radical (unpaired) electrons. The molecule has 5 rings (SSSR count). The lowest BCUT2D eigenvalue weighted by atomic mass is 9.68. The molecule has 0 unspecified atom stereocenters. The Morgan fingerprint density at radius 1 is 0.651 bits per heavy atom. The summed E-state index contributed by atoms with van der Waals surface area (Å²) in [5.74, 6) is -8.16. The topological polar surface area (TPSA) is 35.5 Å². The quantitative estimate of drug-likeness (QED) is 0.153. The standard InChI is InChI=1S/C34H34F6O3/c1-3-42-26-16-14-23(29(36)32(26)39)21-9-5-19(6-10-21)20-7-11-22(12-8-20)34(41)43-27-17-15-25(31(38)33(27)40)24-13-4-18(2)28(35)30(24)37/h4,13-17,19-22H,3,5-12H2,1-2H3. The SMILES string of the molecule is CCOc1ccc(C2CCC(C3CCC(C(=O)Oc4ccc(-c5ccc(C)c(F)c5F)c(F)c4F)CC3)CC2)c(F)c1F. The summed E-state index contributed by atoms with van der Waals surface area (Å²) in [5.41, 5.74) is -0.481. The zero-order valence-electron chi connectivity index (χ0n) is 24.1. The zero-order chi connectivity index (χ0) is 30.8. The molecule has 9 heteroatoms. The lowest BCUT2D eigenvalue weighted by molar-refractivity contribution is -0.140. The van der Waals surface area contributed by atoms with Crippen LogP contribution in [0, 0.1) is 59.6 Å². The van der Waals surface area contributed by atoms with Crippen molar-refractivity contribution in [1.29, 1.82) is 0 Å². The molecule has 230 valence electrons. The first-order valence-electron chi connectivity index (χ1n) is 14.9. The van der Waals surface area contributed by atoms with Crippen LogP contribution in [0.5, 0.6) is 11.5 Å². The number of rotatable bonds is 7. The Labute approximate surface area is 247 Å². The van der Waals surface area contributed by atoms with Crippen LogP contribution in [0.25, 0.3) is 11.1 Å². The van der Waals surface area contributed by atoms with Crippen LogP contribution in [0.15, 0.2) is 36.4 Å². The minimum atomic E-state index is -1.44. The summed E-state index contributed by atoms with van der Waals surface area (Å²) in [7, 11) is 0. The number of aryl methyl sites for hydroxylation is 1. The summed E-state index contributed by atoms with van der Waals surface area (Å²) in [6, 6.07) is 7.66. The van der Waals surface area contributed by atoms with E-state index in [1.807, 2.05) is 0 Å². The molecule has 0 aliphatic heterocycles. The van der Waals surface area contributed by atoms with Crippen LogP contribution in [0.1, 0.15) is 75.3 Å². The predicted molar refractivity (Wildman–Crippen MR) is 150 cm³/mol. The summed E-state index contributed by atoms with van der Waals surface area (Å²) in [6.07, 6.45) is 5.87. The third kappa shape index (κ3) is 6.27. The fraction of sp³-hybridized carbons (Fsp3) is 0.441. The van der Waals surface area contributed by atoms with Gasteiger partial charge < -0.3 is 9.47 Å². The van der Waals surface area contributed by atoms with Crippen molar-refractivity contribution in [3.63, 3.8) is 0 Å². The van der Waals surface area contributed by atoms with Gasteiger partial charge in [0.2, 0.25) is 11.6 Å². The minimum absolute atomic E-state index is 0.0334. The molecule has 2 fully saturated rings. The fourth-order valence-electron chi connectivity index (χ4n) is 6.72. The number of ether oxygens (including phenoxy) is 2. The summed E-state index contributed by atoms with van der Waals surface area (Å²) in [6.45, 7) is 3.32. The predicted octanol–water partition coefficient (Wildman–Crippen LogP) is 9.58. The van der Waals surface area contributed by atoms with E-state index in [4.69, 9.17) is 9.47 Å². The number of carbonyl (C=O) groups excluding carboxylic acids is 1. The maximum atomic E-state index is 14.8. The first-order valence-corrected chi connectivity index (χ1v) is 14.9. The van der Waals surface area contributed by atoms with Gasteiger partial charge in [-0.2, -0.15) is 8.78 Å². The molecule has 0 aromatic heterocycles. The first-order chi connectivity index (χ1) is 20.6. The number of hydrogen-bond acceptors (Lipinski definition) is 3. The van der Waals surface area contributed by atoms with Gasteiger partial charge in [-0.1, -0.05) is 18.2 Å². The number of halogens is 6. The number of benzene rings is 3. The van der Waals surface area contributed by atoms with E-state index in [-0.39, 0.29) is 23.8 Å². The number of carbonyl (C=O) groups is 1. The monoisotopic (exact) mass is 604 g/mol. The van der Waals surface area contributed by atoms with Gasteiger partial charge in [0, 0.05) is 11.1 Å². The molecule has 43 heavy (non-hydrogen) atoms. The summed E-state index contributed by atoms with van der Waals surface area (Å²) in [4.78, 5) is 12.8. The molecule has 2 saturated carbocycles. The van der Waals surface area contributed by atoms with Crippen LogP contribution in [-0.4, -0.2) is 12.6 Å². The van der Waals surface area contributed by atoms with E-state index < -0.39 is 63.7 Å². The smallest absolute Gasteiger partial charge is 0.314 e. The van der Waals surface area contributed by atoms with Gasteiger partial charge in [0.05, 0.1) is 12.5 Å². The van der Waals surface area contributed by atoms with Crippen molar-refractivity contribution in [2.24, 2.45) is 17.8 Å². The van der Waals surface area contributed by atoms with Gasteiger partial charge in [-0.25, -0.2) is 17.6 Å². The van der Waals surface area contributed by atoms with Gasteiger partial charge in [0.15, 0.2) is 34.8 Å². The highest BCUT2D eigenvalue weighted by molar-refractivity contribution is 5.76. The zero-order valence-corrected chi connectivity index (χ0v) is 24.1. The average molecular weight is 605 g/mol. The highest BCUT2D eigenvalue weighted by atomic mass is 19.2. The fourth-order valence-corrected chi connectivity index (χ4v) is 6.72. The van der Waals surface area contributed by atoms with E-state index in [2.05, 4.69) is 0 Å². The molecular formula is C34H34F6O3. The Balaban J connectivity index is 1.15. The van der Waals surface area contributed by atoms with E-state index in [1.165, 1.54) is 25.1 Å². The third-order valence-corrected chi connectivity index (χ3v) is 9.18. The Morgan fingerprint density at radius 2 is 1.19 bits per heavy atom. The molecule has 0 spiro atoms. The van der Waals surface area contributed by atoms with Crippen molar-refractivity contribution in [2.45, 2.75) is 71.1 Å². The van der Waals surface area contributed by atoms with Gasteiger partial charge >= 0.3 is 5.97 Å². The highest BCUT2D eigenvalue weighted by Gasteiger charge is 2.35. The van der Waals surface area contributed by atoms with Crippen molar-refractivity contribution in [3.8, 4) is 22.6 Å². The Kier molecular flexibility index (Phi) is 9.37. The largest absolute Gasteiger partial charge is 0.491 e. The van der Waals surface area contributed by atoms with Crippen LogP contribution in [0.3, 0.4) is 0 Å². The molecular weight excluding hydrogens is 570 g/mol. The third-order valence-electron chi connectivity index (χ3n) is 9.18. The summed E-state index contributed by atoms with van der Waals surface area (Å²) >= 11 is 0. The van der Waals surface area contributed by atoms with Gasteiger partial charge in [-0.05, 0) is 112 Å². The molecule has 0 amide bonds. The lowest BCUT2D eigenvalue weighted by Gasteiger charge is -2.37. The van der Waals surface area contributed by atoms with Gasteiger partial charge in [-0.15, -0.1) is 0 Å².